The van der Waals surface area contributed by atoms with Crippen LogP contribution in [0.2, 0.25) is 0 Å². The van der Waals surface area contributed by atoms with Crippen LogP contribution in [-0.4, -0.2) is 21.0 Å². The van der Waals surface area contributed by atoms with Crippen LogP contribution in [0.15, 0.2) is 42.7 Å². The fraction of sp³-hybridized carbons (Fsp3) is 0. The van der Waals surface area contributed by atoms with Crippen molar-refractivity contribution in [2.75, 3.05) is 0 Å². The number of fused-ring (bicyclic) bond motifs is 1. The molecule has 3 aromatic rings. The van der Waals surface area contributed by atoms with E-state index in [1.165, 1.54) is 11.3 Å². The van der Waals surface area contributed by atoms with Crippen LogP contribution >= 0.6 is 11.3 Å². The Morgan fingerprint density at radius 3 is 2.67 bits per heavy atom. The number of carboxylic acids is 1. The number of thiophene rings is 1. The lowest BCUT2D eigenvalue weighted by Crippen LogP contribution is -1.89. The fourth-order valence-corrected chi connectivity index (χ4v) is 2.62. The Kier molecular flexibility index (Phi) is 2.53. The zero-order chi connectivity index (χ0) is 12.5. The Labute approximate surface area is 107 Å². The van der Waals surface area contributed by atoms with Gasteiger partial charge in [0.15, 0.2) is 5.82 Å². The molecule has 0 bridgehead atoms. The highest BCUT2D eigenvalue weighted by atomic mass is 32.1. The Hall–Kier alpha value is -2.27. The standard InChI is InChI=1S/C13H8N2O2S/c16-13(17)11-7-9-6-8(2-3-10(9)18-11)12-14-4-1-5-15-12/h1-7H,(H,16,17). The van der Waals surface area contributed by atoms with Gasteiger partial charge in [-0.3, -0.25) is 0 Å². The molecule has 18 heavy (non-hydrogen) atoms. The predicted octanol–water partition coefficient (Wildman–Crippen LogP) is 3.06. The number of aromatic nitrogens is 2. The van der Waals surface area contributed by atoms with Crippen molar-refractivity contribution in [3.63, 3.8) is 0 Å². The van der Waals surface area contributed by atoms with Crippen molar-refractivity contribution in [1.82, 2.24) is 9.97 Å². The van der Waals surface area contributed by atoms with E-state index < -0.39 is 5.97 Å². The van der Waals surface area contributed by atoms with Crippen LogP contribution in [0.4, 0.5) is 0 Å². The first kappa shape index (κ1) is 10.9. The molecule has 2 aromatic heterocycles. The fourth-order valence-electron chi connectivity index (χ4n) is 1.74. The van der Waals surface area contributed by atoms with Crippen LogP contribution in [0, 0.1) is 0 Å². The molecular formula is C13H8N2O2S. The molecule has 0 radical (unpaired) electrons. The number of carbonyl (C=O) groups is 1. The molecule has 0 aliphatic carbocycles. The molecular weight excluding hydrogens is 248 g/mol. The van der Waals surface area contributed by atoms with Crippen molar-refractivity contribution >= 4 is 27.4 Å². The number of aromatic carboxylic acids is 1. The highest BCUT2D eigenvalue weighted by molar-refractivity contribution is 7.20. The summed E-state index contributed by atoms with van der Waals surface area (Å²) in [5.41, 5.74) is 0.887. The smallest absolute Gasteiger partial charge is 0.345 e. The van der Waals surface area contributed by atoms with Crippen molar-refractivity contribution in [3.05, 3.63) is 47.6 Å². The molecule has 88 valence electrons. The van der Waals surface area contributed by atoms with E-state index in [4.69, 9.17) is 5.11 Å². The van der Waals surface area contributed by atoms with Crippen LogP contribution in [0.3, 0.4) is 0 Å². The van der Waals surface area contributed by atoms with Crippen LogP contribution in [-0.2, 0) is 0 Å². The van der Waals surface area contributed by atoms with Crippen molar-refractivity contribution in [3.8, 4) is 11.4 Å². The first-order chi connectivity index (χ1) is 8.74. The maximum Gasteiger partial charge on any atom is 0.345 e. The minimum Gasteiger partial charge on any atom is -0.477 e. The Morgan fingerprint density at radius 2 is 1.94 bits per heavy atom. The minimum absolute atomic E-state index is 0.344. The molecule has 0 aliphatic rings. The van der Waals surface area contributed by atoms with Crippen LogP contribution in [0.1, 0.15) is 9.67 Å². The molecule has 2 heterocycles. The molecule has 4 nitrogen and oxygen atoms in total. The lowest BCUT2D eigenvalue weighted by molar-refractivity contribution is 0.0702. The van der Waals surface area contributed by atoms with Gasteiger partial charge in [-0.2, -0.15) is 0 Å². The summed E-state index contributed by atoms with van der Waals surface area (Å²) in [6.07, 6.45) is 3.37. The van der Waals surface area contributed by atoms with Gasteiger partial charge in [-0.25, -0.2) is 14.8 Å². The Bertz CT molecular complexity index is 722. The average Bonchev–Trinajstić information content (AvgIpc) is 2.82. The van der Waals surface area contributed by atoms with E-state index in [0.29, 0.717) is 10.7 Å². The van der Waals surface area contributed by atoms with Gasteiger partial charge in [0.1, 0.15) is 4.88 Å². The van der Waals surface area contributed by atoms with Gasteiger partial charge in [0.2, 0.25) is 0 Å². The largest absolute Gasteiger partial charge is 0.477 e. The van der Waals surface area contributed by atoms with Gasteiger partial charge >= 0.3 is 5.97 Å². The van der Waals surface area contributed by atoms with Crippen molar-refractivity contribution in [2.45, 2.75) is 0 Å². The second-order valence-electron chi connectivity index (χ2n) is 3.74. The van der Waals surface area contributed by atoms with Gasteiger partial charge in [0, 0.05) is 22.7 Å². The van der Waals surface area contributed by atoms with Gasteiger partial charge in [-0.05, 0) is 35.7 Å². The summed E-state index contributed by atoms with van der Waals surface area (Å²) in [7, 11) is 0. The van der Waals surface area contributed by atoms with Gasteiger partial charge in [-0.15, -0.1) is 11.3 Å². The van der Waals surface area contributed by atoms with E-state index in [1.807, 2.05) is 18.2 Å². The predicted molar refractivity (Wildman–Crippen MR) is 69.8 cm³/mol. The molecule has 0 saturated carbocycles. The monoisotopic (exact) mass is 256 g/mol. The zero-order valence-corrected chi connectivity index (χ0v) is 10.0. The van der Waals surface area contributed by atoms with Crippen molar-refractivity contribution in [1.29, 1.82) is 0 Å². The maximum absolute atomic E-state index is 10.9. The first-order valence-electron chi connectivity index (χ1n) is 5.28. The zero-order valence-electron chi connectivity index (χ0n) is 9.20. The average molecular weight is 256 g/mol. The Balaban J connectivity index is 2.14. The van der Waals surface area contributed by atoms with Gasteiger partial charge < -0.3 is 5.11 Å². The number of rotatable bonds is 2. The van der Waals surface area contributed by atoms with Crippen molar-refractivity contribution < 1.29 is 9.90 Å². The lowest BCUT2D eigenvalue weighted by Gasteiger charge is -1.98. The van der Waals surface area contributed by atoms with Crippen molar-refractivity contribution in [2.24, 2.45) is 0 Å². The molecule has 0 atom stereocenters. The van der Waals surface area contributed by atoms with E-state index in [0.717, 1.165) is 15.6 Å². The van der Waals surface area contributed by atoms with Gasteiger partial charge in [0.05, 0.1) is 0 Å². The SMILES string of the molecule is O=C(O)c1cc2cc(-c3ncccn3)ccc2s1. The first-order valence-corrected chi connectivity index (χ1v) is 6.10. The third kappa shape index (κ3) is 1.84. The van der Waals surface area contributed by atoms with Gasteiger partial charge in [0.25, 0.3) is 0 Å². The summed E-state index contributed by atoms with van der Waals surface area (Å²) in [5, 5.41) is 9.86. The highest BCUT2D eigenvalue weighted by Gasteiger charge is 2.09. The van der Waals surface area contributed by atoms with E-state index in [2.05, 4.69) is 9.97 Å². The summed E-state index contributed by atoms with van der Waals surface area (Å²) < 4.78 is 0.951. The van der Waals surface area contributed by atoms with Crippen LogP contribution in [0.5, 0.6) is 0 Å². The normalized spacial score (nSPS) is 10.7. The second-order valence-corrected chi connectivity index (χ2v) is 4.82. The minimum atomic E-state index is -0.895. The van der Waals surface area contributed by atoms with E-state index in [9.17, 15) is 4.79 Å². The Morgan fingerprint density at radius 1 is 1.17 bits per heavy atom. The third-order valence-corrected chi connectivity index (χ3v) is 3.66. The molecule has 1 N–H and O–H groups in total. The van der Waals surface area contributed by atoms with Gasteiger partial charge in [-0.1, -0.05) is 0 Å². The number of hydrogen-bond acceptors (Lipinski definition) is 4. The quantitative estimate of drug-likeness (QED) is 0.765. The molecule has 0 unspecified atom stereocenters. The number of nitrogens with zero attached hydrogens (tertiary/aromatic N) is 2. The summed E-state index contributed by atoms with van der Waals surface area (Å²) in [6, 6.07) is 9.15. The summed E-state index contributed by atoms with van der Waals surface area (Å²) in [4.78, 5) is 19.6. The van der Waals surface area contributed by atoms with Crippen LogP contribution in [0.25, 0.3) is 21.5 Å². The number of hydrogen-bond donors (Lipinski definition) is 1. The molecule has 0 fully saturated rings. The number of benzene rings is 1. The van der Waals surface area contributed by atoms with Crippen LogP contribution < -0.4 is 0 Å². The van der Waals surface area contributed by atoms with E-state index >= 15 is 0 Å². The summed E-state index contributed by atoms with van der Waals surface area (Å²) in [6.45, 7) is 0. The van der Waals surface area contributed by atoms with E-state index in [1.54, 1.807) is 24.5 Å². The number of carboxylic acid groups (broad SMARTS) is 1. The molecule has 5 heteroatoms. The second kappa shape index (κ2) is 4.19. The molecule has 0 spiro atoms. The lowest BCUT2D eigenvalue weighted by atomic mass is 10.1. The summed E-state index contributed by atoms with van der Waals surface area (Å²) in [5.74, 6) is -0.254. The molecule has 0 aliphatic heterocycles. The topological polar surface area (TPSA) is 63.1 Å². The molecule has 3 rings (SSSR count). The molecule has 0 amide bonds. The van der Waals surface area contributed by atoms with E-state index in [-0.39, 0.29) is 0 Å². The molecule has 0 saturated heterocycles. The summed E-state index contributed by atoms with van der Waals surface area (Å²) >= 11 is 1.27. The highest BCUT2D eigenvalue weighted by Crippen LogP contribution is 2.28. The maximum atomic E-state index is 10.9. The third-order valence-electron chi connectivity index (χ3n) is 2.55. The molecule has 1 aromatic carbocycles.